The Bertz CT molecular complexity index is 436. The molecule has 1 N–H and O–H groups in total. The molecule has 1 saturated heterocycles. The topological polar surface area (TPSA) is 54.7 Å². The minimum atomic E-state index is -0.440. The van der Waals surface area contributed by atoms with Crippen LogP contribution >= 0.6 is 0 Å². The van der Waals surface area contributed by atoms with Crippen molar-refractivity contribution >= 4 is 6.09 Å². The summed E-state index contributed by atoms with van der Waals surface area (Å²) >= 11 is 0. The lowest BCUT2D eigenvalue weighted by Crippen LogP contribution is -2.38. The lowest BCUT2D eigenvalue weighted by Gasteiger charge is -2.24. The molecule has 112 valence electrons. The van der Waals surface area contributed by atoms with E-state index in [1.807, 2.05) is 32.9 Å². The molecule has 2 atom stereocenters. The lowest BCUT2D eigenvalue weighted by atomic mass is 10.2. The van der Waals surface area contributed by atoms with E-state index in [0.717, 1.165) is 18.7 Å². The van der Waals surface area contributed by atoms with Gasteiger partial charge in [-0.3, -0.25) is 0 Å². The number of ether oxygens (including phenoxy) is 1. The quantitative estimate of drug-likeness (QED) is 0.925. The molecular weight excluding hydrogens is 256 g/mol. The first-order valence-corrected chi connectivity index (χ1v) is 7.12. The van der Waals surface area contributed by atoms with Gasteiger partial charge in [0.05, 0.1) is 12.3 Å². The molecule has 1 aliphatic rings. The van der Waals surface area contributed by atoms with Crippen molar-refractivity contribution in [1.82, 2.24) is 10.2 Å². The van der Waals surface area contributed by atoms with Gasteiger partial charge in [-0.15, -0.1) is 0 Å². The number of hydrogen-bond donors (Lipinski definition) is 1. The molecule has 0 saturated carbocycles. The molecule has 1 amide bonds. The van der Waals surface area contributed by atoms with E-state index in [1.54, 1.807) is 11.2 Å². The number of likely N-dealkylation sites (tertiary alicyclic amines) is 1. The maximum Gasteiger partial charge on any atom is 0.410 e. The first kappa shape index (κ1) is 14.9. The number of carbonyl (C=O) groups is 1. The van der Waals surface area contributed by atoms with E-state index in [-0.39, 0.29) is 18.2 Å². The normalized spacial score (nSPS) is 21.0. The third-order valence-corrected chi connectivity index (χ3v) is 3.30. The van der Waals surface area contributed by atoms with Crippen LogP contribution in [0, 0.1) is 0 Å². The fraction of sp³-hybridized carbons (Fsp3) is 0.667. The predicted octanol–water partition coefficient (Wildman–Crippen LogP) is 2.94. The molecule has 2 unspecified atom stereocenters. The van der Waals surface area contributed by atoms with Gasteiger partial charge in [-0.05, 0) is 46.2 Å². The minimum Gasteiger partial charge on any atom is -0.468 e. The Hall–Kier alpha value is -1.49. The zero-order valence-electron chi connectivity index (χ0n) is 12.7. The van der Waals surface area contributed by atoms with Crippen LogP contribution in [0.15, 0.2) is 22.8 Å². The first-order chi connectivity index (χ1) is 9.35. The molecule has 1 fully saturated rings. The molecular formula is C15H24N2O3. The smallest absolute Gasteiger partial charge is 0.410 e. The Balaban J connectivity index is 1.82. The molecule has 2 heterocycles. The van der Waals surface area contributed by atoms with Crippen molar-refractivity contribution < 1.29 is 13.9 Å². The largest absolute Gasteiger partial charge is 0.468 e. The summed E-state index contributed by atoms with van der Waals surface area (Å²) in [6.07, 6.45) is 2.38. The first-order valence-electron chi connectivity index (χ1n) is 7.12. The third kappa shape index (κ3) is 4.00. The second kappa shape index (κ2) is 5.87. The average molecular weight is 280 g/mol. The monoisotopic (exact) mass is 280 g/mol. The molecule has 5 heteroatoms. The number of carbonyl (C=O) groups excluding carboxylic acids is 1. The van der Waals surface area contributed by atoms with Gasteiger partial charge in [-0.2, -0.15) is 0 Å². The minimum absolute atomic E-state index is 0.147. The van der Waals surface area contributed by atoms with E-state index in [2.05, 4.69) is 12.2 Å². The summed E-state index contributed by atoms with van der Waals surface area (Å²) < 4.78 is 10.8. The van der Waals surface area contributed by atoms with Crippen LogP contribution in [-0.4, -0.2) is 35.7 Å². The molecule has 0 aromatic carbocycles. The van der Waals surface area contributed by atoms with Crippen molar-refractivity contribution in [1.29, 1.82) is 0 Å². The molecule has 1 aromatic heterocycles. The molecule has 5 nitrogen and oxygen atoms in total. The van der Waals surface area contributed by atoms with E-state index in [9.17, 15) is 4.79 Å². The molecule has 2 rings (SSSR count). The van der Waals surface area contributed by atoms with E-state index in [4.69, 9.17) is 9.15 Å². The Morgan fingerprint density at radius 3 is 2.90 bits per heavy atom. The van der Waals surface area contributed by atoms with Gasteiger partial charge in [0.2, 0.25) is 0 Å². The number of furan rings is 1. The number of rotatable bonds is 3. The van der Waals surface area contributed by atoms with Crippen LogP contribution in [0.2, 0.25) is 0 Å². The number of hydrogen-bond acceptors (Lipinski definition) is 4. The van der Waals surface area contributed by atoms with Gasteiger partial charge in [0.15, 0.2) is 0 Å². The number of nitrogens with zero attached hydrogens (tertiary/aromatic N) is 1. The highest BCUT2D eigenvalue weighted by molar-refractivity contribution is 5.68. The SMILES string of the molecule is CC(NC1CCN(C(=O)OC(C)(C)C)C1)c1ccco1. The van der Waals surface area contributed by atoms with E-state index >= 15 is 0 Å². The van der Waals surface area contributed by atoms with Gasteiger partial charge in [0.25, 0.3) is 0 Å². The van der Waals surface area contributed by atoms with Crippen molar-refractivity contribution in [2.45, 2.75) is 51.8 Å². The van der Waals surface area contributed by atoms with Gasteiger partial charge in [-0.25, -0.2) is 4.79 Å². The highest BCUT2D eigenvalue weighted by Gasteiger charge is 2.30. The highest BCUT2D eigenvalue weighted by Crippen LogP contribution is 2.19. The van der Waals surface area contributed by atoms with Crippen molar-refractivity contribution in [2.75, 3.05) is 13.1 Å². The summed E-state index contributed by atoms with van der Waals surface area (Å²) in [5, 5.41) is 3.49. The standard InChI is InChI=1S/C15H24N2O3/c1-11(13-6-5-9-19-13)16-12-7-8-17(10-12)14(18)20-15(2,3)4/h5-6,9,11-12,16H,7-8,10H2,1-4H3. The molecule has 0 aliphatic carbocycles. The molecule has 1 aromatic rings. The predicted molar refractivity (Wildman–Crippen MR) is 76.5 cm³/mol. The van der Waals surface area contributed by atoms with Crippen molar-refractivity contribution in [3.05, 3.63) is 24.2 Å². The van der Waals surface area contributed by atoms with Gasteiger partial charge in [0, 0.05) is 19.1 Å². The fourth-order valence-electron chi connectivity index (χ4n) is 2.36. The van der Waals surface area contributed by atoms with Crippen LogP contribution < -0.4 is 5.32 Å². The summed E-state index contributed by atoms with van der Waals surface area (Å²) in [6, 6.07) is 4.27. The lowest BCUT2D eigenvalue weighted by molar-refractivity contribution is 0.0290. The van der Waals surface area contributed by atoms with Crippen LogP contribution in [0.25, 0.3) is 0 Å². The van der Waals surface area contributed by atoms with Gasteiger partial charge < -0.3 is 19.4 Å². The fourth-order valence-corrected chi connectivity index (χ4v) is 2.36. The Labute approximate surface area is 120 Å². The van der Waals surface area contributed by atoms with Crippen LogP contribution in [0.1, 0.15) is 45.9 Å². The second-order valence-electron chi connectivity index (χ2n) is 6.32. The van der Waals surface area contributed by atoms with Gasteiger partial charge in [0.1, 0.15) is 11.4 Å². The third-order valence-electron chi connectivity index (χ3n) is 3.30. The Kier molecular flexibility index (Phi) is 4.38. The van der Waals surface area contributed by atoms with E-state index in [0.29, 0.717) is 6.54 Å². The zero-order chi connectivity index (χ0) is 14.8. The average Bonchev–Trinajstić information content (AvgIpc) is 2.97. The summed E-state index contributed by atoms with van der Waals surface area (Å²) in [5.74, 6) is 0.917. The molecule has 1 aliphatic heterocycles. The Morgan fingerprint density at radius 2 is 2.30 bits per heavy atom. The molecule has 0 spiro atoms. The summed E-state index contributed by atoms with van der Waals surface area (Å²) in [7, 11) is 0. The van der Waals surface area contributed by atoms with Crippen molar-refractivity contribution in [3.8, 4) is 0 Å². The maximum atomic E-state index is 12.0. The number of nitrogens with one attached hydrogen (secondary N) is 1. The van der Waals surface area contributed by atoms with Crippen LogP contribution in [-0.2, 0) is 4.74 Å². The summed E-state index contributed by atoms with van der Waals surface area (Å²) in [6.45, 7) is 9.13. The highest BCUT2D eigenvalue weighted by atomic mass is 16.6. The van der Waals surface area contributed by atoms with Crippen LogP contribution in [0.3, 0.4) is 0 Å². The van der Waals surface area contributed by atoms with Crippen LogP contribution in [0.4, 0.5) is 4.79 Å². The molecule has 0 radical (unpaired) electrons. The van der Waals surface area contributed by atoms with Crippen molar-refractivity contribution in [3.63, 3.8) is 0 Å². The van der Waals surface area contributed by atoms with Crippen LogP contribution in [0.5, 0.6) is 0 Å². The van der Waals surface area contributed by atoms with Gasteiger partial charge in [-0.1, -0.05) is 0 Å². The summed E-state index contributed by atoms with van der Waals surface area (Å²) in [5.41, 5.74) is -0.440. The van der Waals surface area contributed by atoms with Gasteiger partial charge >= 0.3 is 6.09 Å². The number of amides is 1. The molecule has 20 heavy (non-hydrogen) atoms. The molecule has 0 bridgehead atoms. The van der Waals surface area contributed by atoms with Crippen molar-refractivity contribution in [2.24, 2.45) is 0 Å². The van der Waals surface area contributed by atoms with E-state index < -0.39 is 5.60 Å². The maximum absolute atomic E-state index is 12.0. The zero-order valence-corrected chi connectivity index (χ0v) is 12.7. The second-order valence-corrected chi connectivity index (χ2v) is 6.32. The van der Waals surface area contributed by atoms with E-state index in [1.165, 1.54) is 0 Å². The Morgan fingerprint density at radius 1 is 1.55 bits per heavy atom. The summed E-state index contributed by atoms with van der Waals surface area (Å²) in [4.78, 5) is 13.7.